The summed E-state index contributed by atoms with van der Waals surface area (Å²) >= 11 is 0. The Bertz CT molecular complexity index is 645. The van der Waals surface area contributed by atoms with Gasteiger partial charge in [0.15, 0.2) is 0 Å². The van der Waals surface area contributed by atoms with E-state index >= 15 is 0 Å². The number of carbonyl (C=O) groups is 1. The number of pyridine rings is 2. The average Bonchev–Trinajstić information content (AvgIpc) is 2.46. The number of hydrogen-bond acceptors (Lipinski definition) is 5. The molecule has 1 N–H and O–H groups in total. The SMILES string of the molecule is COC(=O)c1ccc(C(F)(F)F)nc1Nc1cccnc1. The summed E-state index contributed by atoms with van der Waals surface area (Å²) in [6.45, 7) is 0. The topological polar surface area (TPSA) is 64.1 Å². The van der Waals surface area contributed by atoms with Gasteiger partial charge in [-0.3, -0.25) is 4.98 Å². The molecule has 0 aliphatic rings. The highest BCUT2D eigenvalue weighted by Crippen LogP contribution is 2.30. The normalized spacial score (nSPS) is 11.0. The molecule has 0 amide bonds. The third kappa shape index (κ3) is 3.47. The van der Waals surface area contributed by atoms with Gasteiger partial charge in [0.1, 0.15) is 17.1 Å². The van der Waals surface area contributed by atoms with Crippen molar-refractivity contribution in [3.8, 4) is 0 Å². The fraction of sp³-hybridized carbons (Fsp3) is 0.154. The lowest BCUT2D eigenvalue weighted by Gasteiger charge is -2.12. The molecule has 0 bridgehead atoms. The van der Waals surface area contributed by atoms with Crippen molar-refractivity contribution < 1.29 is 22.7 Å². The predicted molar refractivity (Wildman–Crippen MR) is 68.1 cm³/mol. The monoisotopic (exact) mass is 297 g/mol. The minimum absolute atomic E-state index is 0.102. The first-order valence-corrected chi connectivity index (χ1v) is 5.75. The van der Waals surface area contributed by atoms with Crippen LogP contribution in [0.25, 0.3) is 0 Å². The van der Waals surface area contributed by atoms with Gasteiger partial charge < -0.3 is 10.1 Å². The highest BCUT2D eigenvalue weighted by molar-refractivity contribution is 5.95. The summed E-state index contributed by atoms with van der Waals surface area (Å²) in [5.41, 5.74) is -0.814. The van der Waals surface area contributed by atoms with Crippen LogP contribution in [0.5, 0.6) is 0 Å². The number of alkyl halides is 3. The van der Waals surface area contributed by atoms with E-state index in [0.29, 0.717) is 5.69 Å². The minimum Gasteiger partial charge on any atom is -0.465 e. The molecule has 2 heterocycles. The molecule has 0 fully saturated rings. The molecule has 0 aromatic carbocycles. The summed E-state index contributed by atoms with van der Waals surface area (Å²) in [5.74, 6) is -1.03. The van der Waals surface area contributed by atoms with E-state index in [-0.39, 0.29) is 11.4 Å². The number of halogens is 3. The van der Waals surface area contributed by atoms with E-state index in [1.54, 1.807) is 12.1 Å². The van der Waals surface area contributed by atoms with Crippen molar-refractivity contribution >= 4 is 17.5 Å². The van der Waals surface area contributed by atoms with Crippen LogP contribution in [0.15, 0.2) is 36.7 Å². The highest BCUT2D eigenvalue weighted by Gasteiger charge is 2.33. The number of nitrogens with zero attached hydrogens (tertiary/aromatic N) is 2. The van der Waals surface area contributed by atoms with E-state index in [1.807, 2.05) is 0 Å². The molecule has 0 saturated heterocycles. The van der Waals surface area contributed by atoms with Crippen LogP contribution < -0.4 is 5.32 Å². The second-order valence-electron chi connectivity index (χ2n) is 3.95. The van der Waals surface area contributed by atoms with Gasteiger partial charge in [0.05, 0.1) is 19.0 Å². The number of ether oxygens (including phenoxy) is 1. The van der Waals surface area contributed by atoms with Crippen LogP contribution in [0.2, 0.25) is 0 Å². The quantitative estimate of drug-likeness (QED) is 0.882. The zero-order valence-electron chi connectivity index (χ0n) is 10.8. The summed E-state index contributed by atoms with van der Waals surface area (Å²) < 4.78 is 42.6. The van der Waals surface area contributed by atoms with Crippen molar-refractivity contribution in [1.82, 2.24) is 9.97 Å². The molecule has 0 unspecified atom stereocenters. The summed E-state index contributed by atoms with van der Waals surface area (Å²) in [6.07, 6.45) is -1.71. The summed E-state index contributed by atoms with van der Waals surface area (Å²) in [5, 5.41) is 2.63. The maximum Gasteiger partial charge on any atom is 0.433 e. The van der Waals surface area contributed by atoms with Gasteiger partial charge in [0.2, 0.25) is 0 Å². The standard InChI is InChI=1S/C13H10F3N3O2/c1-21-12(20)9-4-5-10(13(14,15)16)19-11(9)18-8-3-2-6-17-7-8/h2-7H,1H3,(H,18,19). The van der Waals surface area contributed by atoms with E-state index in [2.05, 4.69) is 20.0 Å². The van der Waals surface area contributed by atoms with E-state index in [0.717, 1.165) is 19.2 Å². The Balaban J connectivity index is 2.46. The number of esters is 1. The Morgan fingerprint density at radius 3 is 2.62 bits per heavy atom. The molecule has 2 aromatic heterocycles. The van der Waals surface area contributed by atoms with Crippen molar-refractivity contribution in [1.29, 1.82) is 0 Å². The van der Waals surface area contributed by atoms with Gasteiger partial charge in [-0.15, -0.1) is 0 Å². The van der Waals surface area contributed by atoms with Crippen LogP contribution in [-0.4, -0.2) is 23.0 Å². The molecule has 0 atom stereocenters. The number of nitrogens with one attached hydrogen (secondary N) is 1. The molecule has 8 heteroatoms. The minimum atomic E-state index is -4.61. The molecule has 0 spiro atoms. The summed E-state index contributed by atoms with van der Waals surface area (Å²) in [6, 6.07) is 4.91. The number of hydrogen-bond donors (Lipinski definition) is 1. The fourth-order valence-electron chi connectivity index (χ4n) is 1.56. The lowest BCUT2D eigenvalue weighted by molar-refractivity contribution is -0.141. The van der Waals surface area contributed by atoms with Crippen LogP contribution in [-0.2, 0) is 10.9 Å². The second kappa shape index (κ2) is 5.78. The van der Waals surface area contributed by atoms with E-state index in [9.17, 15) is 18.0 Å². The van der Waals surface area contributed by atoms with Crippen molar-refractivity contribution in [2.24, 2.45) is 0 Å². The molecule has 0 aliphatic heterocycles. The van der Waals surface area contributed by atoms with Crippen LogP contribution in [0, 0.1) is 0 Å². The van der Waals surface area contributed by atoms with Crippen molar-refractivity contribution in [3.63, 3.8) is 0 Å². The zero-order valence-corrected chi connectivity index (χ0v) is 10.8. The molecule has 2 rings (SSSR count). The Hall–Kier alpha value is -2.64. The van der Waals surface area contributed by atoms with Crippen LogP contribution >= 0.6 is 0 Å². The number of anilines is 2. The molecular formula is C13H10F3N3O2. The number of aromatic nitrogens is 2. The predicted octanol–water partition coefficient (Wildman–Crippen LogP) is 3.03. The Labute approximate surface area is 117 Å². The first-order valence-electron chi connectivity index (χ1n) is 5.75. The molecule has 21 heavy (non-hydrogen) atoms. The third-order valence-electron chi connectivity index (χ3n) is 2.52. The van der Waals surface area contributed by atoms with E-state index in [4.69, 9.17) is 0 Å². The Morgan fingerprint density at radius 2 is 2.05 bits per heavy atom. The Morgan fingerprint density at radius 1 is 1.29 bits per heavy atom. The van der Waals surface area contributed by atoms with Gasteiger partial charge in [-0.05, 0) is 24.3 Å². The van der Waals surface area contributed by atoms with E-state index in [1.165, 1.54) is 12.4 Å². The van der Waals surface area contributed by atoms with Crippen LogP contribution in [0.4, 0.5) is 24.7 Å². The maximum absolute atomic E-state index is 12.7. The molecule has 110 valence electrons. The maximum atomic E-state index is 12.7. The smallest absolute Gasteiger partial charge is 0.433 e. The van der Waals surface area contributed by atoms with Gasteiger partial charge in [0, 0.05) is 6.20 Å². The summed E-state index contributed by atoms with van der Waals surface area (Å²) in [4.78, 5) is 18.8. The molecule has 2 aromatic rings. The van der Waals surface area contributed by atoms with Gasteiger partial charge >= 0.3 is 12.1 Å². The van der Waals surface area contributed by atoms with Crippen molar-refractivity contribution in [2.45, 2.75) is 6.18 Å². The lowest BCUT2D eigenvalue weighted by atomic mass is 10.2. The second-order valence-corrected chi connectivity index (χ2v) is 3.95. The van der Waals surface area contributed by atoms with Gasteiger partial charge in [-0.2, -0.15) is 13.2 Å². The first kappa shape index (κ1) is 14.8. The number of carbonyl (C=O) groups excluding carboxylic acids is 1. The van der Waals surface area contributed by atoms with Crippen molar-refractivity contribution in [3.05, 3.63) is 47.9 Å². The van der Waals surface area contributed by atoms with Gasteiger partial charge in [0.25, 0.3) is 0 Å². The van der Waals surface area contributed by atoms with Gasteiger partial charge in [-0.25, -0.2) is 9.78 Å². The molecular weight excluding hydrogens is 287 g/mol. The zero-order chi connectivity index (χ0) is 15.5. The molecule has 0 saturated carbocycles. The van der Waals surface area contributed by atoms with Gasteiger partial charge in [-0.1, -0.05) is 0 Å². The van der Waals surface area contributed by atoms with E-state index < -0.39 is 17.8 Å². The third-order valence-corrected chi connectivity index (χ3v) is 2.52. The molecule has 0 radical (unpaired) electrons. The van der Waals surface area contributed by atoms with Crippen molar-refractivity contribution in [2.75, 3.05) is 12.4 Å². The van der Waals surface area contributed by atoms with Crippen LogP contribution in [0.1, 0.15) is 16.1 Å². The van der Waals surface area contributed by atoms with Crippen LogP contribution in [0.3, 0.4) is 0 Å². The first-order chi connectivity index (χ1) is 9.91. The lowest BCUT2D eigenvalue weighted by Crippen LogP contribution is -2.13. The molecule has 5 nitrogen and oxygen atoms in total. The molecule has 0 aliphatic carbocycles. The highest BCUT2D eigenvalue weighted by atomic mass is 19.4. The average molecular weight is 297 g/mol. The largest absolute Gasteiger partial charge is 0.465 e. The fourth-order valence-corrected chi connectivity index (χ4v) is 1.56. The summed E-state index contributed by atoms with van der Waals surface area (Å²) in [7, 11) is 1.13. The number of rotatable bonds is 3. The Kier molecular flexibility index (Phi) is 4.06. The number of methoxy groups -OCH3 is 1.